The second kappa shape index (κ2) is 5.20. The lowest BCUT2D eigenvalue weighted by atomic mass is 10.1. The quantitative estimate of drug-likeness (QED) is 0.753. The molecule has 3 nitrogen and oxygen atoms in total. The summed E-state index contributed by atoms with van der Waals surface area (Å²) >= 11 is 0. The molecule has 1 aromatic rings. The molecule has 3 heteroatoms. The Morgan fingerprint density at radius 1 is 1.40 bits per heavy atom. The van der Waals surface area contributed by atoms with Gasteiger partial charge in [0, 0.05) is 0 Å². The second-order valence-electron chi connectivity index (χ2n) is 3.16. The summed E-state index contributed by atoms with van der Waals surface area (Å²) in [6, 6.07) is 6.89. The minimum Gasteiger partial charge on any atom is -0.494 e. The van der Waals surface area contributed by atoms with E-state index in [1.165, 1.54) is 0 Å². The molecular formula is C12H14O3. The van der Waals surface area contributed by atoms with E-state index in [0.29, 0.717) is 12.2 Å². The first-order chi connectivity index (χ1) is 7.15. The highest BCUT2D eigenvalue weighted by Gasteiger charge is 2.06. The van der Waals surface area contributed by atoms with Gasteiger partial charge in [0.2, 0.25) is 0 Å². The van der Waals surface area contributed by atoms with Crippen LogP contribution in [0, 0.1) is 0 Å². The molecule has 80 valence electrons. The Balaban J connectivity index is 2.72. The second-order valence-corrected chi connectivity index (χ2v) is 3.16. The van der Waals surface area contributed by atoms with Crippen molar-refractivity contribution in [1.82, 2.24) is 0 Å². The van der Waals surface area contributed by atoms with Crippen LogP contribution < -0.4 is 4.74 Å². The number of ether oxygens (including phenoxy) is 1. The Morgan fingerprint density at radius 3 is 2.47 bits per heavy atom. The molecule has 0 fully saturated rings. The van der Waals surface area contributed by atoms with E-state index in [-0.39, 0.29) is 5.57 Å². The van der Waals surface area contributed by atoms with E-state index in [4.69, 9.17) is 9.84 Å². The fourth-order valence-corrected chi connectivity index (χ4v) is 1.10. The van der Waals surface area contributed by atoms with Crippen molar-refractivity contribution in [2.24, 2.45) is 0 Å². The first-order valence-corrected chi connectivity index (χ1v) is 4.80. The van der Waals surface area contributed by atoms with E-state index in [1.807, 2.05) is 6.92 Å². The number of hydrogen-bond acceptors (Lipinski definition) is 2. The summed E-state index contributed by atoms with van der Waals surface area (Å²) in [5.74, 6) is -0.254. The van der Waals surface area contributed by atoms with Crippen molar-refractivity contribution >= 4 is 11.5 Å². The number of benzene rings is 1. The monoisotopic (exact) mass is 206 g/mol. The van der Waals surface area contributed by atoms with E-state index >= 15 is 0 Å². The standard InChI is InChI=1S/C12H14O3/c1-3-8-15-11-6-4-10(5-7-11)9(2)12(13)14/h4-7H,2-3,8H2,1H3,(H,13,14). The van der Waals surface area contributed by atoms with Crippen LogP contribution in [0.4, 0.5) is 0 Å². The SMILES string of the molecule is C=C(C(=O)O)c1ccc(OCCC)cc1. The molecule has 0 aliphatic heterocycles. The lowest BCUT2D eigenvalue weighted by Gasteiger charge is -2.05. The zero-order chi connectivity index (χ0) is 11.3. The van der Waals surface area contributed by atoms with E-state index in [2.05, 4.69) is 6.58 Å². The Bertz CT molecular complexity index is 352. The average Bonchev–Trinajstić information content (AvgIpc) is 2.26. The largest absolute Gasteiger partial charge is 0.494 e. The van der Waals surface area contributed by atoms with E-state index < -0.39 is 5.97 Å². The number of carboxylic acids is 1. The van der Waals surface area contributed by atoms with Crippen LogP contribution in [0.3, 0.4) is 0 Å². The zero-order valence-corrected chi connectivity index (χ0v) is 8.69. The van der Waals surface area contributed by atoms with E-state index in [1.54, 1.807) is 24.3 Å². The maximum atomic E-state index is 10.6. The van der Waals surface area contributed by atoms with Gasteiger partial charge in [0.1, 0.15) is 5.75 Å². The molecule has 0 unspecified atom stereocenters. The van der Waals surface area contributed by atoms with Crippen molar-refractivity contribution in [3.8, 4) is 5.75 Å². The molecule has 0 heterocycles. The van der Waals surface area contributed by atoms with Crippen LogP contribution in [0.1, 0.15) is 18.9 Å². The summed E-state index contributed by atoms with van der Waals surface area (Å²) in [7, 11) is 0. The van der Waals surface area contributed by atoms with Crippen molar-refractivity contribution in [2.45, 2.75) is 13.3 Å². The molecule has 0 radical (unpaired) electrons. The fraction of sp³-hybridized carbons (Fsp3) is 0.250. The van der Waals surface area contributed by atoms with Gasteiger partial charge in [-0.2, -0.15) is 0 Å². The molecule has 0 spiro atoms. The van der Waals surface area contributed by atoms with Crippen LogP contribution in [0.25, 0.3) is 5.57 Å². The third-order valence-electron chi connectivity index (χ3n) is 1.93. The van der Waals surface area contributed by atoms with E-state index in [0.717, 1.165) is 12.2 Å². The van der Waals surface area contributed by atoms with Crippen molar-refractivity contribution in [2.75, 3.05) is 6.61 Å². The highest BCUT2D eigenvalue weighted by atomic mass is 16.5. The average molecular weight is 206 g/mol. The van der Waals surface area contributed by atoms with Gasteiger partial charge in [-0.05, 0) is 24.1 Å². The smallest absolute Gasteiger partial charge is 0.335 e. The molecule has 0 amide bonds. The summed E-state index contributed by atoms with van der Waals surface area (Å²) in [6.07, 6.45) is 0.948. The predicted molar refractivity (Wildman–Crippen MR) is 58.9 cm³/mol. The molecule has 1 N–H and O–H groups in total. The maximum Gasteiger partial charge on any atom is 0.335 e. The molecule has 0 saturated heterocycles. The van der Waals surface area contributed by atoms with Gasteiger partial charge in [-0.3, -0.25) is 0 Å². The molecule has 1 rings (SSSR count). The first kappa shape index (κ1) is 11.3. The van der Waals surface area contributed by atoms with Crippen LogP contribution in [0.5, 0.6) is 5.75 Å². The van der Waals surface area contributed by atoms with Crippen molar-refractivity contribution in [3.05, 3.63) is 36.4 Å². The van der Waals surface area contributed by atoms with Gasteiger partial charge in [0.05, 0.1) is 12.2 Å². The number of rotatable bonds is 5. The summed E-state index contributed by atoms with van der Waals surface area (Å²) < 4.78 is 5.37. The molecule has 0 saturated carbocycles. The minimum atomic E-state index is -1.00. The third kappa shape index (κ3) is 3.13. The van der Waals surface area contributed by atoms with Gasteiger partial charge in [-0.15, -0.1) is 0 Å². The molecule has 0 aliphatic carbocycles. The molecule has 0 aromatic heterocycles. The van der Waals surface area contributed by atoms with Crippen LogP contribution >= 0.6 is 0 Å². The fourth-order valence-electron chi connectivity index (χ4n) is 1.10. The van der Waals surface area contributed by atoms with Crippen molar-refractivity contribution in [3.63, 3.8) is 0 Å². The molecule has 0 aliphatic rings. The van der Waals surface area contributed by atoms with Gasteiger partial charge < -0.3 is 9.84 Å². The highest BCUT2D eigenvalue weighted by Crippen LogP contribution is 2.17. The van der Waals surface area contributed by atoms with Crippen LogP contribution in [-0.4, -0.2) is 17.7 Å². The number of hydrogen-bond donors (Lipinski definition) is 1. The lowest BCUT2D eigenvalue weighted by Crippen LogP contribution is -1.98. The highest BCUT2D eigenvalue weighted by molar-refractivity contribution is 6.14. The first-order valence-electron chi connectivity index (χ1n) is 4.80. The topological polar surface area (TPSA) is 46.5 Å². The molecule has 0 atom stereocenters. The molecule has 15 heavy (non-hydrogen) atoms. The summed E-state index contributed by atoms with van der Waals surface area (Å²) in [5.41, 5.74) is 0.698. The number of carbonyl (C=O) groups is 1. The Labute approximate surface area is 89.0 Å². The normalized spacial score (nSPS) is 9.67. The van der Waals surface area contributed by atoms with Gasteiger partial charge in [0.15, 0.2) is 0 Å². The third-order valence-corrected chi connectivity index (χ3v) is 1.93. The predicted octanol–water partition coefficient (Wildman–Crippen LogP) is 2.57. The minimum absolute atomic E-state index is 0.0945. The van der Waals surface area contributed by atoms with Gasteiger partial charge >= 0.3 is 5.97 Å². The Kier molecular flexibility index (Phi) is 3.92. The van der Waals surface area contributed by atoms with Crippen LogP contribution in [0.2, 0.25) is 0 Å². The van der Waals surface area contributed by atoms with Crippen molar-refractivity contribution < 1.29 is 14.6 Å². The summed E-state index contributed by atoms with van der Waals surface area (Å²) in [6.45, 7) is 6.17. The van der Waals surface area contributed by atoms with Gasteiger partial charge in [-0.1, -0.05) is 25.6 Å². The zero-order valence-electron chi connectivity index (χ0n) is 8.69. The summed E-state index contributed by atoms with van der Waals surface area (Å²) in [4.78, 5) is 10.6. The Hall–Kier alpha value is -1.77. The van der Waals surface area contributed by atoms with Crippen LogP contribution in [0.15, 0.2) is 30.8 Å². The van der Waals surface area contributed by atoms with Gasteiger partial charge in [0.25, 0.3) is 0 Å². The number of aliphatic carboxylic acids is 1. The maximum absolute atomic E-state index is 10.6. The molecule has 1 aromatic carbocycles. The Morgan fingerprint density at radius 2 is 2.00 bits per heavy atom. The van der Waals surface area contributed by atoms with Crippen molar-refractivity contribution in [1.29, 1.82) is 0 Å². The number of carboxylic acid groups (broad SMARTS) is 1. The lowest BCUT2D eigenvalue weighted by molar-refractivity contribution is -0.130. The van der Waals surface area contributed by atoms with Crippen LogP contribution in [-0.2, 0) is 4.79 Å². The molecule has 0 bridgehead atoms. The van der Waals surface area contributed by atoms with E-state index in [9.17, 15) is 4.79 Å². The molecular weight excluding hydrogens is 192 g/mol. The summed E-state index contributed by atoms with van der Waals surface area (Å²) in [5, 5.41) is 8.72. The van der Waals surface area contributed by atoms with Gasteiger partial charge in [-0.25, -0.2) is 4.79 Å².